The third kappa shape index (κ3) is 1.85. The van der Waals surface area contributed by atoms with Gasteiger partial charge in [-0.05, 0) is 17.7 Å². The molecule has 1 N–H and O–H groups in total. The first-order valence-electron chi connectivity index (χ1n) is 3.98. The number of fused-ring (bicyclic) bond motifs is 1. The van der Waals surface area contributed by atoms with Crippen molar-refractivity contribution in [2.24, 2.45) is 0 Å². The Bertz CT molecular complexity index is 399. The topological polar surface area (TPSA) is 34.1 Å². The van der Waals surface area contributed by atoms with Gasteiger partial charge in [-0.2, -0.15) is 5.48 Å². The summed E-state index contributed by atoms with van der Waals surface area (Å²) in [6, 6.07) is 6.23. The highest BCUT2D eigenvalue weighted by Crippen LogP contribution is 2.18. The molecule has 0 saturated carbocycles. The second-order valence-electron chi connectivity index (χ2n) is 2.68. The normalized spacial score (nSPS) is 10.8. The molecule has 1 aromatic carbocycles. The number of hydroxylamine groups is 1. The fraction of sp³-hybridized carbons (Fsp3) is 0.222. The lowest BCUT2D eigenvalue weighted by atomic mass is 10.2. The summed E-state index contributed by atoms with van der Waals surface area (Å²) in [5.74, 6) is 0. The van der Waals surface area contributed by atoms with Crippen LogP contribution < -0.4 is 5.48 Å². The number of hydrogen-bond donors (Lipinski definition) is 1. The lowest BCUT2D eigenvalue weighted by Crippen LogP contribution is -2.10. The van der Waals surface area contributed by atoms with Gasteiger partial charge in [0.1, 0.15) is 0 Å². The van der Waals surface area contributed by atoms with Crippen LogP contribution in [-0.2, 0) is 11.4 Å². The fourth-order valence-corrected chi connectivity index (χ4v) is 1.83. The number of thiazole rings is 1. The number of nitrogens with one attached hydrogen (secondary N) is 1. The molecule has 0 fully saturated rings. The van der Waals surface area contributed by atoms with E-state index in [1.165, 1.54) is 10.3 Å². The molecule has 0 aliphatic rings. The SMILES string of the molecule is CONCc1ccc2scnc2c1. The molecule has 0 unspecified atom stereocenters. The minimum Gasteiger partial charge on any atom is -0.305 e. The van der Waals surface area contributed by atoms with E-state index in [4.69, 9.17) is 4.84 Å². The van der Waals surface area contributed by atoms with Gasteiger partial charge in [-0.1, -0.05) is 6.07 Å². The summed E-state index contributed by atoms with van der Waals surface area (Å²) in [6.07, 6.45) is 0. The summed E-state index contributed by atoms with van der Waals surface area (Å²) in [7, 11) is 1.61. The third-order valence-electron chi connectivity index (χ3n) is 1.82. The summed E-state index contributed by atoms with van der Waals surface area (Å²) in [4.78, 5) is 9.01. The highest BCUT2D eigenvalue weighted by Gasteiger charge is 1.97. The van der Waals surface area contributed by atoms with E-state index in [0.29, 0.717) is 6.54 Å². The number of aromatic nitrogens is 1. The average molecular weight is 194 g/mol. The predicted octanol–water partition coefficient (Wildman–Crippen LogP) is 1.95. The molecule has 0 aliphatic heterocycles. The highest BCUT2D eigenvalue weighted by atomic mass is 32.1. The van der Waals surface area contributed by atoms with Crippen molar-refractivity contribution in [1.82, 2.24) is 10.5 Å². The van der Waals surface area contributed by atoms with Crippen LogP contribution >= 0.6 is 11.3 Å². The van der Waals surface area contributed by atoms with Crippen molar-refractivity contribution < 1.29 is 4.84 Å². The van der Waals surface area contributed by atoms with Gasteiger partial charge < -0.3 is 4.84 Å². The number of nitrogens with zero attached hydrogens (tertiary/aromatic N) is 1. The molecule has 13 heavy (non-hydrogen) atoms. The van der Waals surface area contributed by atoms with Gasteiger partial charge in [0.05, 0.1) is 22.8 Å². The van der Waals surface area contributed by atoms with Crippen LogP contribution in [-0.4, -0.2) is 12.1 Å². The van der Waals surface area contributed by atoms with Crippen LogP contribution in [0, 0.1) is 0 Å². The van der Waals surface area contributed by atoms with Crippen molar-refractivity contribution >= 4 is 21.6 Å². The Morgan fingerprint density at radius 2 is 2.46 bits per heavy atom. The third-order valence-corrected chi connectivity index (χ3v) is 2.63. The minimum atomic E-state index is 0.712. The van der Waals surface area contributed by atoms with Crippen LogP contribution in [0.5, 0.6) is 0 Å². The summed E-state index contributed by atoms with van der Waals surface area (Å²) in [5.41, 5.74) is 6.89. The van der Waals surface area contributed by atoms with Crippen molar-refractivity contribution in [2.75, 3.05) is 7.11 Å². The van der Waals surface area contributed by atoms with E-state index in [-0.39, 0.29) is 0 Å². The van der Waals surface area contributed by atoms with Gasteiger partial charge in [0, 0.05) is 6.54 Å². The van der Waals surface area contributed by atoms with E-state index < -0.39 is 0 Å². The van der Waals surface area contributed by atoms with Crippen LogP contribution in [0.3, 0.4) is 0 Å². The van der Waals surface area contributed by atoms with Crippen molar-refractivity contribution in [3.8, 4) is 0 Å². The Kier molecular flexibility index (Phi) is 2.54. The molecule has 4 heteroatoms. The van der Waals surface area contributed by atoms with Crippen LogP contribution in [0.25, 0.3) is 10.2 Å². The molecule has 0 spiro atoms. The Morgan fingerprint density at radius 3 is 3.31 bits per heavy atom. The van der Waals surface area contributed by atoms with Crippen molar-refractivity contribution in [3.05, 3.63) is 29.3 Å². The molecule has 0 atom stereocenters. The molecule has 1 heterocycles. The zero-order valence-corrected chi connectivity index (χ0v) is 8.10. The van der Waals surface area contributed by atoms with E-state index in [0.717, 1.165) is 5.52 Å². The molecule has 0 aliphatic carbocycles. The zero-order chi connectivity index (χ0) is 9.10. The van der Waals surface area contributed by atoms with E-state index in [9.17, 15) is 0 Å². The second kappa shape index (κ2) is 3.83. The largest absolute Gasteiger partial charge is 0.305 e. The Labute approximate surface area is 80.3 Å². The van der Waals surface area contributed by atoms with Crippen molar-refractivity contribution in [2.45, 2.75) is 6.54 Å². The number of benzene rings is 1. The molecule has 3 nitrogen and oxygen atoms in total. The van der Waals surface area contributed by atoms with Crippen LogP contribution in [0.2, 0.25) is 0 Å². The molecule has 1 aromatic heterocycles. The standard InChI is InChI=1S/C9H10N2OS/c1-12-11-5-7-2-3-9-8(4-7)10-6-13-9/h2-4,6,11H,5H2,1H3. The molecular weight excluding hydrogens is 184 g/mol. The van der Waals surface area contributed by atoms with Crippen molar-refractivity contribution in [1.29, 1.82) is 0 Å². The van der Waals surface area contributed by atoms with Crippen LogP contribution in [0.1, 0.15) is 5.56 Å². The first kappa shape index (κ1) is 8.62. The molecule has 0 saturated heterocycles. The van der Waals surface area contributed by atoms with E-state index >= 15 is 0 Å². The number of rotatable bonds is 3. The Hall–Kier alpha value is -0.970. The molecule has 0 bridgehead atoms. The maximum atomic E-state index is 4.77. The number of hydrogen-bond acceptors (Lipinski definition) is 4. The monoisotopic (exact) mass is 194 g/mol. The van der Waals surface area contributed by atoms with Crippen LogP contribution in [0.15, 0.2) is 23.7 Å². The maximum absolute atomic E-state index is 4.77. The quantitative estimate of drug-likeness (QED) is 0.758. The zero-order valence-electron chi connectivity index (χ0n) is 7.28. The Balaban J connectivity index is 2.26. The molecule has 2 rings (SSSR count). The predicted molar refractivity (Wildman–Crippen MR) is 53.5 cm³/mol. The van der Waals surface area contributed by atoms with Gasteiger partial charge in [0.25, 0.3) is 0 Å². The molecule has 68 valence electrons. The minimum absolute atomic E-state index is 0.712. The first-order valence-corrected chi connectivity index (χ1v) is 4.86. The fourth-order valence-electron chi connectivity index (χ4n) is 1.17. The van der Waals surface area contributed by atoms with Gasteiger partial charge in [0.2, 0.25) is 0 Å². The highest BCUT2D eigenvalue weighted by molar-refractivity contribution is 7.16. The Morgan fingerprint density at radius 1 is 1.54 bits per heavy atom. The van der Waals surface area contributed by atoms with Gasteiger partial charge >= 0.3 is 0 Å². The molecule has 0 amide bonds. The summed E-state index contributed by atoms with van der Waals surface area (Å²) >= 11 is 1.66. The van der Waals surface area contributed by atoms with E-state index in [1.54, 1.807) is 18.4 Å². The second-order valence-corrected chi connectivity index (χ2v) is 3.57. The van der Waals surface area contributed by atoms with Gasteiger partial charge in [-0.3, -0.25) is 0 Å². The maximum Gasteiger partial charge on any atom is 0.0815 e. The average Bonchev–Trinajstić information content (AvgIpc) is 2.61. The van der Waals surface area contributed by atoms with Crippen LogP contribution in [0.4, 0.5) is 0 Å². The van der Waals surface area contributed by atoms with Crippen molar-refractivity contribution in [3.63, 3.8) is 0 Å². The molecular formula is C9H10N2OS. The summed E-state index contributed by atoms with van der Waals surface area (Å²) in [5, 5.41) is 0. The van der Waals surface area contributed by atoms with E-state index in [1.807, 2.05) is 5.51 Å². The first-order chi connectivity index (χ1) is 6.40. The lowest BCUT2D eigenvalue weighted by molar-refractivity contribution is 0.0867. The molecule has 2 aromatic rings. The smallest absolute Gasteiger partial charge is 0.0815 e. The summed E-state index contributed by atoms with van der Waals surface area (Å²) in [6.45, 7) is 0.712. The summed E-state index contributed by atoms with van der Waals surface area (Å²) < 4.78 is 1.22. The van der Waals surface area contributed by atoms with Gasteiger partial charge in [0.15, 0.2) is 0 Å². The van der Waals surface area contributed by atoms with E-state index in [2.05, 4.69) is 28.7 Å². The lowest BCUT2D eigenvalue weighted by Gasteiger charge is -2.00. The van der Waals surface area contributed by atoms with Gasteiger partial charge in [-0.25, -0.2) is 4.98 Å². The molecule has 0 radical (unpaired) electrons. The van der Waals surface area contributed by atoms with Gasteiger partial charge in [-0.15, -0.1) is 11.3 Å².